The van der Waals surface area contributed by atoms with Gasteiger partial charge in [0.15, 0.2) is 0 Å². The number of hydrogen-bond donors (Lipinski definition) is 3. The van der Waals surface area contributed by atoms with Crippen molar-refractivity contribution >= 4 is 17.8 Å². The molecule has 1 saturated heterocycles. The Labute approximate surface area is 100 Å². The largest absolute Gasteiger partial charge is 0.408 e. The summed E-state index contributed by atoms with van der Waals surface area (Å²) >= 11 is 0. The van der Waals surface area contributed by atoms with Gasteiger partial charge in [-0.2, -0.15) is 0 Å². The predicted octanol–water partition coefficient (Wildman–Crippen LogP) is 0.810. The van der Waals surface area contributed by atoms with Crippen LogP contribution in [0.5, 0.6) is 0 Å². The number of guanidine groups is 1. The average Bonchev–Trinajstić information content (AvgIpc) is 2.29. The maximum Gasteiger partial charge on any atom is 0.246 e. The molecule has 1 fully saturated rings. The fourth-order valence-corrected chi connectivity index (χ4v) is 2.42. The van der Waals surface area contributed by atoms with Crippen LogP contribution >= 0.6 is 0 Å². The standard InChI is InChI=1S/C11H19N3O3/c1-4-6-7(3)11(5-2)8(15)12-10(14-17)13-9(11)16/h7,17H,4-6H2,1-3H3,(H2,12,13,14,15,16). The molecule has 1 aliphatic heterocycles. The van der Waals surface area contributed by atoms with E-state index in [1.54, 1.807) is 0 Å². The molecule has 0 saturated carbocycles. The molecule has 6 nitrogen and oxygen atoms in total. The van der Waals surface area contributed by atoms with Crippen molar-refractivity contribution in [2.45, 2.75) is 40.0 Å². The third-order valence-electron chi connectivity index (χ3n) is 3.49. The Balaban J connectivity index is 3.06. The molecule has 17 heavy (non-hydrogen) atoms. The quantitative estimate of drug-likeness (QED) is 0.386. The lowest BCUT2D eigenvalue weighted by atomic mass is 9.70. The van der Waals surface area contributed by atoms with E-state index in [4.69, 9.17) is 5.21 Å². The van der Waals surface area contributed by atoms with Crippen molar-refractivity contribution < 1.29 is 14.8 Å². The van der Waals surface area contributed by atoms with E-state index in [1.807, 2.05) is 20.8 Å². The van der Waals surface area contributed by atoms with Crippen LogP contribution in [-0.4, -0.2) is 23.0 Å². The van der Waals surface area contributed by atoms with Gasteiger partial charge in [-0.15, -0.1) is 0 Å². The Kier molecular flexibility index (Phi) is 4.09. The van der Waals surface area contributed by atoms with Gasteiger partial charge in [-0.3, -0.25) is 20.2 Å². The Hall–Kier alpha value is -1.59. The first kappa shape index (κ1) is 13.5. The highest BCUT2D eigenvalue weighted by Crippen LogP contribution is 2.36. The van der Waals surface area contributed by atoms with Gasteiger partial charge >= 0.3 is 0 Å². The maximum absolute atomic E-state index is 12.1. The van der Waals surface area contributed by atoms with Crippen LogP contribution in [0.25, 0.3) is 0 Å². The lowest BCUT2D eigenvalue weighted by Crippen LogP contribution is -2.64. The van der Waals surface area contributed by atoms with Crippen molar-refractivity contribution in [3.63, 3.8) is 0 Å². The molecule has 6 heteroatoms. The fraction of sp³-hybridized carbons (Fsp3) is 0.727. The smallest absolute Gasteiger partial charge is 0.246 e. The first-order chi connectivity index (χ1) is 8.02. The molecule has 0 aromatic heterocycles. The van der Waals surface area contributed by atoms with Gasteiger partial charge in [-0.25, -0.2) is 0 Å². The predicted molar refractivity (Wildman–Crippen MR) is 62.3 cm³/mol. The molecule has 2 amide bonds. The minimum absolute atomic E-state index is 0.0576. The summed E-state index contributed by atoms with van der Waals surface area (Å²) < 4.78 is 0. The van der Waals surface area contributed by atoms with Crippen LogP contribution < -0.4 is 10.6 Å². The highest BCUT2D eigenvalue weighted by Gasteiger charge is 2.51. The molecule has 1 aliphatic rings. The molecular formula is C11H19N3O3. The number of nitrogens with one attached hydrogen (secondary N) is 2. The van der Waals surface area contributed by atoms with Gasteiger partial charge in [0.1, 0.15) is 5.41 Å². The molecule has 3 N–H and O–H groups in total. The van der Waals surface area contributed by atoms with Crippen LogP contribution in [0.3, 0.4) is 0 Å². The number of rotatable bonds is 4. The summed E-state index contributed by atoms with van der Waals surface area (Å²) in [5, 5.41) is 16.2. The fourth-order valence-electron chi connectivity index (χ4n) is 2.42. The number of oxime groups is 1. The van der Waals surface area contributed by atoms with E-state index < -0.39 is 17.2 Å². The van der Waals surface area contributed by atoms with E-state index >= 15 is 0 Å². The van der Waals surface area contributed by atoms with E-state index in [-0.39, 0.29) is 11.9 Å². The monoisotopic (exact) mass is 241 g/mol. The molecule has 0 spiro atoms. The molecule has 0 aliphatic carbocycles. The van der Waals surface area contributed by atoms with Gasteiger partial charge in [-0.05, 0) is 18.8 Å². The summed E-state index contributed by atoms with van der Waals surface area (Å²) in [6, 6.07) is 0. The molecular weight excluding hydrogens is 222 g/mol. The first-order valence-corrected chi connectivity index (χ1v) is 5.87. The summed E-state index contributed by atoms with van der Waals surface area (Å²) in [4.78, 5) is 24.2. The van der Waals surface area contributed by atoms with Crippen molar-refractivity contribution in [1.29, 1.82) is 0 Å². The van der Waals surface area contributed by atoms with E-state index in [2.05, 4.69) is 15.8 Å². The van der Waals surface area contributed by atoms with Crippen molar-refractivity contribution in [1.82, 2.24) is 10.6 Å². The lowest BCUT2D eigenvalue weighted by molar-refractivity contribution is -0.148. The molecule has 1 heterocycles. The zero-order valence-electron chi connectivity index (χ0n) is 10.4. The lowest BCUT2D eigenvalue weighted by Gasteiger charge is -2.38. The number of carbonyl (C=O) groups is 2. The summed E-state index contributed by atoms with van der Waals surface area (Å²) in [6.07, 6.45) is 2.12. The van der Waals surface area contributed by atoms with Gasteiger partial charge in [0, 0.05) is 0 Å². The number of amides is 2. The normalized spacial score (nSPS) is 26.2. The van der Waals surface area contributed by atoms with Crippen LogP contribution in [-0.2, 0) is 9.59 Å². The summed E-state index contributed by atoms with van der Waals surface area (Å²) in [7, 11) is 0. The Morgan fingerprint density at radius 1 is 1.29 bits per heavy atom. The molecule has 1 unspecified atom stereocenters. The molecule has 0 aromatic carbocycles. The van der Waals surface area contributed by atoms with Gasteiger partial charge < -0.3 is 5.21 Å². The summed E-state index contributed by atoms with van der Waals surface area (Å²) in [5.41, 5.74) is -1.07. The van der Waals surface area contributed by atoms with Gasteiger partial charge in [-0.1, -0.05) is 32.3 Å². The molecule has 0 aromatic rings. The summed E-state index contributed by atoms with van der Waals surface area (Å²) in [5.74, 6) is -1.04. The average molecular weight is 241 g/mol. The van der Waals surface area contributed by atoms with Crippen molar-refractivity contribution in [2.24, 2.45) is 16.5 Å². The van der Waals surface area contributed by atoms with Gasteiger partial charge in [0.25, 0.3) is 0 Å². The highest BCUT2D eigenvalue weighted by molar-refractivity contribution is 6.20. The highest BCUT2D eigenvalue weighted by atomic mass is 16.4. The van der Waals surface area contributed by atoms with E-state index in [0.29, 0.717) is 6.42 Å². The second kappa shape index (κ2) is 5.16. The van der Waals surface area contributed by atoms with E-state index in [9.17, 15) is 9.59 Å². The topological polar surface area (TPSA) is 90.8 Å². The zero-order chi connectivity index (χ0) is 13.1. The molecule has 1 atom stereocenters. The Morgan fingerprint density at radius 3 is 2.18 bits per heavy atom. The molecule has 0 radical (unpaired) electrons. The zero-order valence-corrected chi connectivity index (χ0v) is 10.4. The van der Waals surface area contributed by atoms with Crippen LogP contribution in [0.4, 0.5) is 0 Å². The van der Waals surface area contributed by atoms with E-state index in [1.165, 1.54) is 0 Å². The number of nitrogens with zero attached hydrogens (tertiary/aromatic N) is 1. The SMILES string of the molecule is CCCC(C)C1(CC)C(=O)NC(=NO)NC1=O. The molecule has 96 valence electrons. The third kappa shape index (κ3) is 2.11. The van der Waals surface area contributed by atoms with Crippen molar-refractivity contribution in [2.75, 3.05) is 0 Å². The second-order valence-electron chi connectivity index (χ2n) is 4.37. The van der Waals surface area contributed by atoms with Gasteiger partial charge in [0.05, 0.1) is 0 Å². The molecule has 0 bridgehead atoms. The Morgan fingerprint density at radius 2 is 1.82 bits per heavy atom. The second-order valence-corrected chi connectivity index (χ2v) is 4.37. The summed E-state index contributed by atoms with van der Waals surface area (Å²) in [6.45, 7) is 5.72. The van der Waals surface area contributed by atoms with Gasteiger partial charge in [0.2, 0.25) is 17.8 Å². The third-order valence-corrected chi connectivity index (χ3v) is 3.49. The first-order valence-electron chi connectivity index (χ1n) is 5.87. The van der Waals surface area contributed by atoms with Crippen LogP contribution in [0.2, 0.25) is 0 Å². The number of hydrogen-bond acceptors (Lipinski definition) is 4. The maximum atomic E-state index is 12.1. The van der Waals surface area contributed by atoms with Crippen molar-refractivity contribution in [3.8, 4) is 0 Å². The van der Waals surface area contributed by atoms with Crippen molar-refractivity contribution in [3.05, 3.63) is 0 Å². The van der Waals surface area contributed by atoms with Crippen LogP contribution in [0.15, 0.2) is 5.16 Å². The van der Waals surface area contributed by atoms with Crippen LogP contribution in [0, 0.1) is 11.3 Å². The minimum Gasteiger partial charge on any atom is -0.408 e. The van der Waals surface area contributed by atoms with Crippen LogP contribution in [0.1, 0.15) is 40.0 Å². The minimum atomic E-state index is -1.07. The molecule has 1 rings (SSSR count). The Bertz CT molecular complexity index is 332. The number of carbonyl (C=O) groups excluding carboxylic acids is 2. The van der Waals surface area contributed by atoms with E-state index in [0.717, 1.165) is 12.8 Å².